The van der Waals surface area contributed by atoms with Crippen LogP contribution >= 0.6 is 0 Å². The number of hydrogen-bond acceptors (Lipinski definition) is 12. The van der Waals surface area contributed by atoms with Gasteiger partial charge in [-0.2, -0.15) is 0 Å². The lowest BCUT2D eigenvalue weighted by atomic mass is 10.1. The van der Waals surface area contributed by atoms with Gasteiger partial charge in [-0.1, -0.05) is 37.4 Å². The minimum absolute atomic E-state index is 0.0988. The van der Waals surface area contributed by atoms with E-state index in [2.05, 4.69) is 13.2 Å². The maximum absolute atomic E-state index is 12.5. The molecule has 0 unspecified atom stereocenters. The predicted octanol–water partition coefficient (Wildman–Crippen LogP) is 3.95. The normalized spacial score (nSPS) is 20.1. The molecule has 2 saturated heterocycles. The van der Waals surface area contributed by atoms with E-state index in [-0.39, 0.29) is 37.9 Å². The van der Waals surface area contributed by atoms with Crippen LogP contribution < -0.4 is 9.47 Å². The van der Waals surface area contributed by atoms with E-state index in [4.69, 9.17) is 37.9 Å². The van der Waals surface area contributed by atoms with Gasteiger partial charge in [0.1, 0.15) is 23.7 Å². The fourth-order valence-electron chi connectivity index (χ4n) is 4.24. The molecule has 4 rings (SSSR count). The summed E-state index contributed by atoms with van der Waals surface area (Å²) in [5.41, 5.74) is 1.98. The molecule has 0 aliphatic carbocycles. The van der Waals surface area contributed by atoms with Crippen LogP contribution in [0, 0.1) is 0 Å². The first-order valence-electron chi connectivity index (χ1n) is 14.2. The number of fused-ring (bicyclic) bond motifs is 1. The summed E-state index contributed by atoms with van der Waals surface area (Å²) in [5, 5.41) is 0. The van der Waals surface area contributed by atoms with Gasteiger partial charge in [-0.15, -0.1) is 0 Å². The van der Waals surface area contributed by atoms with Crippen LogP contribution in [0.1, 0.15) is 25.0 Å². The Balaban J connectivity index is 1.17. The summed E-state index contributed by atoms with van der Waals surface area (Å²) in [5.74, 6) is -1.30. The van der Waals surface area contributed by atoms with Gasteiger partial charge in [0.15, 0.2) is 12.2 Å². The quantitative estimate of drug-likeness (QED) is 0.129. The Labute approximate surface area is 265 Å². The summed E-state index contributed by atoms with van der Waals surface area (Å²) in [6.07, 6.45) is 3.25. The molecule has 2 aromatic carbocycles. The van der Waals surface area contributed by atoms with E-state index in [1.807, 2.05) is 0 Å². The van der Waals surface area contributed by atoms with Gasteiger partial charge >= 0.3 is 23.9 Å². The van der Waals surface area contributed by atoms with Gasteiger partial charge in [0.2, 0.25) is 13.6 Å². The summed E-state index contributed by atoms with van der Waals surface area (Å²) in [4.78, 5) is 47.7. The van der Waals surface area contributed by atoms with Crippen molar-refractivity contribution < 1.29 is 57.1 Å². The second-order valence-corrected chi connectivity index (χ2v) is 10.3. The van der Waals surface area contributed by atoms with Gasteiger partial charge in [-0.05, 0) is 61.4 Å². The van der Waals surface area contributed by atoms with Crippen molar-refractivity contribution in [3.8, 4) is 11.5 Å². The summed E-state index contributed by atoms with van der Waals surface area (Å²) < 4.78 is 43.0. The van der Waals surface area contributed by atoms with Gasteiger partial charge in [0.25, 0.3) is 0 Å². The van der Waals surface area contributed by atoms with Crippen LogP contribution in [0.15, 0.2) is 85.0 Å². The van der Waals surface area contributed by atoms with Crippen LogP contribution in [0.3, 0.4) is 0 Å². The van der Waals surface area contributed by atoms with E-state index in [1.165, 1.54) is 12.2 Å². The SMILES string of the molecule is C=C(C)C(=O)OCOc1ccc(/C=C/C(=O)O[C@H]2CO[C@H]3[C@@H]2OC[C@H]3OC(=O)/C=C/c2ccc(OCOC(=O)C(=C)C)cc2)cc1. The molecule has 2 aliphatic heterocycles. The monoisotopic (exact) mass is 634 g/mol. The average Bonchev–Trinajstić information content (AvgIpc) is 3.62. The zero-order chi connectivity index (χ0) is 33.1. The Morgan fingerprint density at radius 2 is 1.04 bits per heavy atom. The third-order valence-electron chi connectivity index (χ3n) is 6.61. The molecule has 12 heteroatoms. The standard InChI is InChI=1S/C34H34O12/c1-21(2)33(37)43-19-41-25-11-5-23(6-12-25)9-15-29(35)45-27-17-39-32-28(18-40-31(27)32)46-30(36)16-10-24-7-13-26(14-8-24)42-20-44-34(38)22(3)4/h5-16,27-28,31-32H,1,3,17-20H2,2,4H3/b15-9+,16-10+/t27-,28+,31-,32-/m1/s1. The fraction of sp³-hybridized carbons (Fsp3) is 0.294. The topological polar surface area (TPSA) is 142 Å². The Bertz CT molecular complexity index is 1380. The van der Waals surface area contributed by atoms with E-state index in [0.717, 1.165) is 0 Å². The largest absolute Gasteiger partial charge is 0.457 e. The summed E-state index contributed by atoms with van der Waals surface area (Å²) in [6, 6.07) is 13.5. The van der Waals surface area contributed by atoms with Gasteiger partial charge in [-0.3, -0.25) is 0 Å². The van der Waals surface area contributed by atoms with E-state index >= 15 is 0 Å². The molecular weight excluding hydrogens is 600 g/mol. The van der Waals surface area contributed by atoms with Crippen LogP contribution in [0.5, 0.6) is 11.5 Å². The van der Waals surface area contributed by atoms with Crippen molar-refractivity contribution in [3.05, 3.63) is 96.1 Å². The molecule has 0 radical (unpaired) electrons. The molecule has 2 fully saturated rings. The first kappa shape index (κ1) is 33.7. The summed E-state index contributed by atoms with van der Waals surface area (Å²) >= 11 is 0. The zero-order valence-corrected chi connectivity index (χ0v) is 25.4. The van der Waals surface area contributed by atoms with Gasteiger partial charge in [0.05, 0.1) is 13.2 Å². The van der Waals surface area contributed by atoms with Crippen LogP contribution in [-0.4, -0.2) is 75.1 Å². The molecule has 0 spiro atoms. The minimum Gasteiger partial charge on any atom is -0.457 e. The molecule has 0 N–H and O–H groups in total. The Morgan fingerprint density at radius 3 is 1.39 bits per heavy atom. The zero-order valence-electron chi connectivity index (χ0n) is 25.4. The summed E-state index contributed by atoms with van der Waals surface area (Å²) in [6.45, 7) is 9.77. The Hall–Kier alpha value is -5.20. The van der Waals surface area contributed by atoms with Crippen LogP contribution in [0.2, 0.25) is 0 Å². The minimum atomic E-state index is -0.663. The number of carbonyl (C=O) groups excluding carboxylic acids is 4. The maximum Gasteiger partial charge on any atom is 0.335 e. The average molecular weight is 635 g/mol. The second kappa shape index (κ2) is 16.2. The van der Waals surface area contributed by atoms with Gasteiger partial charge in [-0.25, -0.2) is 19.2 Å². The molecule has 0 aromatic heterocycles. The molecule has 0 saturated carbocycles. The Morgan fingerprint density at radius 1 is 0.674 bits per heavy atom. The van der Waals surface area contributed by atoms with E-state index in [9.17, 15) is 19.2 Å². The molecule has 2 aromatic rings. The molecule has 4 atom stereocenters. The lowest BCUT2D eigenvalue weighted by Gasteiger charge is -2.16. The van der Waals surface area contributed by atoms with Crippen molar-refractivity contribution >= 4 is 36.0 Å². The lowest BCUT2D eigenvalue weighted by Crippen LogP contribution is -2.35. The number of benzene rings is 2. The van der Waals surface area contributed by atoms with Crippen molar-refractivity contribution in [2.45, 2.75) is 38.3 Å². The number of esters is 4. The number of ether oxygens (including phenoxy) is 8. The summed E-state index contributed by atoms with van der Waals surface area (Å²) in [7, 11) is 0. The Kier molecular flexibility index (Phi) is 11.9. The van der Waals surface area contributed by atoms with Crippen molar-refractivity contribution in [1.29, 1.82) is 0 Å². The number of rotatable bonds is 14. The van der Waals surface area contributed by atoms with Crippen molar-refractivity contribution in [1.82, 2.24) is 0 Å². The van der Waals surface area contributed by atoms with Crippen LogP contribution in [0.4, 0.5) is 0 Å². The molecule has 2 heterocycles. The number of carbonyl (C=O) groups is 4. The van der Waals surface area contributed by atoms with E-state index in [1.54, 1.807) is 74.5 Å². The molecule has 46 heavy (non-hydrogen) atoms. The first-order chi connectivity index (χ1) is 22.1. The van der Waals surface area contributed by atoms with Gasteiger partial charge < -0.3 is 37.9 Å². The van der Waals surface area contributed by atoms with Crippen LogP contribution in [-0.2, 0) is 47.6 Å². The van der Waals surface area contributed by atoms with Crippen molar-refractivity contribution in [3.63, 3.8) is 0 Å². The molecule has 2 aliphatic rings. The highest BCUT2D eigenvalue weighted by molar-refractivity contribution is 5.88. The smallest absolute Gasteiger partial charge is 0.335 e. The third kappa shape index (κ3) is 9.91. The molecule has 0 bridgehead atoms. The second-order valence-electron chi connectivity index (χ2n) is 10.3. The molecular formula is C34H34O12. The molecule has 242 valence electrons. The third-order valence-corrected chi connectivity index (χ3v) is 6.61. The molecule has 0 amide bonds. The van der Waals surface area contributed by atoms with Gasteiger partial charge in [0, 0.05) is 23.3 Å². The predicted molar refractivity (Wildman–Crippen MR) is 163 cm³/mol. The van der Waals surface area contributed by atoms with E-state index < -0.39 is 48.3 Å². The lowest BCUT2D eigenvalue weighted by molar-refractivity contribution is -0.149. The first-order valence-corrected chi connectivity index (χ1v) is 14.2. The highest BCUT2D eigenvalue weighted by Crippen LogP contribution is 2.31. The van der Waals surface area contributed by atoms with Crippen molar-refractivity contribution in [2.24, 2.45) is 0 Å². The fourth-order valence-corrected chi connectivity index (χ4v) is 4.24. The van der Waals surface area contributed by atoms with Crippen molar-refractivity contribution in [2.75, 3.05) is 26.8 Å². The highest BCUT2D eigenvalue weighted by Gasteiger charge is 2.51. The molecule has 12 nitrogen and oxygen atoms in total. The van der Waals surface area contributed by atoms with Crippen LogP contribution in [0.25, 0.3) is 12.2 Å². The maximum atomic E-state index is 12.5. The number of hydrogen-bond donors (Lipinski definition) is 0. The van der Waals surface area contributed by atoms with E-state index in [0.29, 0.717) is 22.6 Å². The highest BCUT2D eigenvalue weighted by atomic mass is 16.7.